The van der Waals surface area contributed by atoms with Crippen LogP contribution < -0.4 is 11.1 Å². The molecular weight excluding hydrogens is 676 g/mol. The summed E-state index contributed by atoms with van der Waals surface area (Å²) in [5.74, 6) is -0.711. The Morgan fingerprint density at radius 2 is 1.14 bits per heavy atom. The third kappa shape index (κ3) is 25.0. The van der Waals surface area contributed by atoms with Crippen LogP contribution in [-0.2, 0) is 45.9 Å². The van der Waals surface area contributed by atoms with Crippen molar-refractivity contribution in [3.8, 4) is 0 Å². The lowest BCUT2D eigenvalue weighted by atomic mass is 10.1. The van der Waals surface area contributed by atoms with Gasteiger partial charge in [0.1, 0.15) is 0 Å². The van der Waals surface area contributed by atoms with E-state index in [2.05, 4.69) is 23.4 Å². The summed E-state index contributed by atoms with van der Waals surface area (Å²) in [5.41, 5.74) is 5.65. The number of nitrogens with one attached hydrogen (secondary N) is 1. The molecule has 0 saturated carbocycles. The Bertz CT molecular complexity index is 940. The summed E-state index contributed by atoms with van der Waals surface area (Å²) in [7, 11) is -10.5. The third-order valence-electron chi connectivity index (χ3n) is 5.64. The SMILES string of the molecule is CCCC(=O)O.COP(=O)(O)CC(O)CC(N)CC(O)CP(=O)(O)OC.COP(=O)(O)CC1CNCC(CP(=O)(O)OC)O1. The molecule has 0 aromatic heterocycles. The maximum atomic E-state index is 11.4. The van der Waals surface area contributed by atoms with E-state index in [9.17, 15) is 43.1 Å². The molecule has 0 amide bonds. The van der Waals surface area contributed by atoms with Crippen molar-refractivity contribution in [3.63, 3.8) is 0 Å². The molecule has 8 unspecified atom stereocenters. The second kappa shape index (κ2) is 22.4. The van der Waals surface area contributed by atoms with Crippen molar-refractivity contribution in [1.82, 2.24) is 5.32 Å². The highest BCUT2D eigenvalue weighted by Crippen LogP contribution is 2.45. The van der Waals surface area contributed by atoms with E-state index >= 15 is 0 Å². The molecule has 8 atom stereocenters. The van der Waals surface area contributed by atoms with E-state index in [-0.39, 0.29) is 25.2 Å². The quantitative estimate of drug-likeness (QED) is 0.0861. The molecular formula is C21H50N2O17P4. The zero-order chi connectivity index (χ0) is 34.8. The van der Waals surface area contributed by atoms with E-state index in [1.54, 1.807) is 0 Å². The fourth-order valence-corrected chi connectivity index (χ4v) is 6.91. The number of aliphatic hydroxyl groups excluding tert-OH is 2. The Morgan fingerprint density at radius 3 is 1.39 bits per heavy atom. The van der Waals surface area contributed by atoms with Gasteiger partial charge in [-0.05, 0) is 19.3 Å². The highest BCUT2D eigenvalue weighted by molar-refractivity contribution is 7.53. The molecule has 44 heavy (non-hydrogen) atoms. The van der Waals surface area contributed by atoms with Crippen LogP contribution in [0, 0.1) is 0 Å². The van der Waals surface area contributed by atoms with Crippen molar-refractivity contribution in [2.24, 2.45) is 5.73 Å². The normalized spacial score (nSPS) is 24.3. The maximum Gasteiger partial charge on any atom is 0.330 e. The molecule has 266 valence electrons. The number of hydrogen-bond donors (Lipinski definition) is 9. The van der Waals surface area contributed by atoms with Gasteiger partial charge in [0.2, 0.25) is 0 Å². The Kier molecular flexibility index (Phi) is 23.5. The molecule has 1 heterocycles. The number of aliphatic carboxylic acids is 1. The third-order valence-corrected chi connectivity index (χ3v) is 11.4. The zero-order valence-electron chi connectivity index (χ0n) is 25.5. The molecule has 1 aliphatic rings. The van der Waals surface area contributed by atoms with Gasteiger partial charge < -0.3 is 68.8 Å². The van der Waals surface area contributed by atoms with Crippen LogP contribution in [0.1, 0.15) is 32.6 Å². The minimum Gasteiger partial charge on any atom is -0.481 e. The molecule has 0 spiro atoms. The summed E-state index contributed by atoms with van der Waals surface area (Å²) in [6, 6.07) is -0.700. The number of rotatable bonds is 18. The second-order valence-electron chi connectivity index (χ2n) is 9.73. The molecule has 0 aromatic rings. The Labute approximate surface area is 257 Å². The maximum absolute atomic E-state index is 11.4. The molecule has 0 aromatic carbocycles. The van der Waals surface area contributed by atoms with E-state index in [0.717, 1.165) is 34.9 Å². The number of nitrogens with two attached hydrogens (primary N) is 1. The van der Waals surface area contributed by atoms with E-state index in [1.807, 2.05) is 6.92 Å². The molecule has 1 fully saturated rings. The Hall–Kier alpha value is -0.130. The number of carboxylic acids is 1. The Balaban J connectivity index is 0. The average molecular weight is 727 g/mol. The predicted octanol–water partition coefficient (Wildman–Crippen LogP) is 0.357. The fraction of sp³-hybridized carbons (Fsp3) is 0.952. The van der Waals surface area contributed by atoms with Crippen LogP contribution in [0.5, 0.6) is 0 Å². The zero-order valence-corrected chi connectivity index (χ0v) is 29.1. The summed E-state index contributed by atoms with van der Waals surface area (Å²) in [4.78, 5) is 46.6. The van der Waals surface area contributed by atoms with Gasteiger partial charge in [-0.25, -0.2) is 0 Å². The molecule has 1 rings (SSSR count). The summed E-state index contributed by atoms with van der Waals surface area (Å²) in [5, 5.41) is 30.0. The molecule has 1 saturated heterocycles. The number of carbonyl (C=O) groups is 1. The summed E-state index contributed by atoms with van der Waals surface area (Å²) >= 11 is 0. The first kappa shape index (κ1) is 46.0. The lowest BCUT2D eigenvalue weighted by molar-refractivity contribution is -0.137. The van der Waals surface area contributed by atoms with Gasteiger partial charge in [-0.3, -0.25) is 23.1 Å². The van der Waals surface area contributed by atoms with Crippen LogP contribution in [0.15, 0.2) is 0 Å². The first-order valence-electron chi connectivity index (χ1n) is 13.3. The lowest BCUT2D eigenvalue weighted by Crippen LogP contribution is -2.47. The highest BCUT2D eigenvalue weighted by atomic mass is 31.2. The minimum atomic E-state index is -3.83. The number of ether oxygens (including phenoxy) is 1. The van der Waals surface area contributed by atoms with Crippen LogP contribution in [-0.4, -0.2) is 137 Å². The molecule has 19 nitrogen and oxygen atoms in total. The van der Waals surface area contributed by atoms with Crippen molar-refractivity contribution in [2.75, 3.05) is 66.2 Å². The number of morpholine rings is 1. The van der Waals surface area contributed by atoms with Gasteiger partial charge in [0, 0.05) is 54.0 Å². The van der Waals surface area contributed by atoms with E-state index in [1.165, 1.54) is 0 Å². The van der Waals surface area contributed by atoms with Crippen molar-refractivity contribution < 1.29 is 80.8 Å². The highest BCUT2D eigenvalue weighted by Gasteiger charge is 2.33. The number of aliphatic hydroxyl groups is 2. The van der Waals surface area contributed by atoms with Gasteiger partial charge in [-0.15, -0.1) is 0 Å². The van der Waals surface area contributed by atoms with Crippen molar-refractivity contribution in [3.05, 3.63) is 0 Å². The second-order valence-corrected chi connectivity index (χ2v) is 17.8. The largest absolute Gasteiger partial charge is 0.481 e. The van der Waals surface area contributed by atoms with Gasteiger partial charge in [-0.2, -0.15) is 0 Å². The van der Waals surface area contributed by atoms with Crippen LogP contribution in [0.2, 0.25) is 0 Å². The van der Waals surface area contributed by atoms with Crippen LogP contribution in [0.4, 0.5) is 0 Å². The molecule has 1 aliphatic heterocycles. The van der Waals surface area contributed by atoms with E-state index in [4.69, 9.17) is 25.4 Å². The first-order chi connectivity index (χ1) is 20.1. The van der Waals surface area contributed by atoms with Gasteiger partial charge in [0.25, 0.3) is 0 Å². The topological polar surface area (TPSA) is 311 Å². The van der Waals surface area contributed by atoms with Gasteiger partial charge in [-0.1, -0.05) is 6.92 Å². The van der Waals surface area contributed by atoms with Crippen LogP contribution >= 0.6 is 30.4 Å². The molecule has 23 heteroatoms. The van der Waals surface area contributed by atoms with E-state index in [0.29, 0.717) is 19.5 Å². The number of hydrogen-bond acceptors (Lipinski definition) is 14. The molecule has 0 aliphatic carbocycles. The predicted molar refractivity (Wildman–Crippen MR) is 160 cm³/mol. The van der Waals surface area contributed by atoms with Crippen molar-refractivity contribution >= 4 is 36.4 Å². The van der Waals surface area contributed by atoms with Crippen molar-refractivity contribution in [1.29, 1.82) is 0 Å². The smallest absolute Gasteiger partial charge is 0.330 e. The lowest BCUT2D eigenvalue weighted by Gasteiger charge is -2.31. The van der Waals surface area contributed by atoms with Crippen LogP contribution in [0.25, 0.3) is 0 Å². The van der Waals surface area contributed by atoms with E-state index < -0.39 is 79.1 Å². The van der Waals surface area contributed by atoms with Crippen LogP contribution in [0.3, 0.4) is 0 Å². The van der Waals surface area contributed by atoms with Crippen molar-refractivity contribution in [2.45, 2.75) is 63.1 Å². The summed E-state index contributed by atoms with van der Waals surface area (Å²) < 4.78 is 68.3. The summed E-state index contributed by atoms with van der Waals surface area (Å²) in [6.45, 7) is 2.63. The molecule has 10 N–H and O–H groups in total. The van der Waals surface area contributed by atoms with Gasteiger partial charge in [0.15, 0.2) is 0 Å². The Morgan fingerprint density at radius 1 is 0.795 bits per heavy atom. The fourth-order valence-electron chi connectivity index (χ4n) is 3.49. The van der Waals surface area contributed by atoms with Gasteiger partial charge >= 0.3 is 36.4 Å². The van der Waals surface area contributed by atoms with Gasteiger partial charge in [0.05, 0.1) is 49.1 Å². The molecule has 0 radical (unpaired) electrons. The number of carboxylic acid groups (broad SMARTS) is 1. The molecule has 0 bridgehead atoms. The monoisotopic (exact) mass is 726 g/mol. The average Bonchev–Trinajstić information content (AvgIpc) is 2.88. The standard InChI is InChI=1S/C9H23NO8P2.C8H19NO7P2.C4H8O2/c1-17-19(13,14)5-8(11)3-7(10)4-9(12)6-20(15,16)18-2;1-14-17(10,11)5-7-3-9-4-8(16-7)6-18(12,13)15-2;1-2-3-4(5)6/h7-9,11-12H,3-6,10H2,1-2H3,(H,13,14)(H,15,16);7-9H,3-6H2,1-2H3,(H,10,11)(H,12,13);2-3H2,1H3,(H,5,6). The summed E-state index contributed by atoms with van der Waals surface area (Å²) in [6.07, 6.45) is -3.73. The minimum absolute atomic E-state index is 0.0479. The first-order valence-corrected chi connectivity index (χ1v) is 20.3.